The lowest BCUT2D eigenvalue weighted by molar-refractivity contribution is -0.152. The number of halogens is 4. The molecular formula is C10H8ClF3N2O3. The molecule has 1 amide bonds. The highest BCUT2D eigenvalue weighted by Crippen LogP contribution is 2.32. The zero-order valence-corrected chi connectivity index (χ0v) is 10.3. The van der Waals surface area contributed by atoms with Crippen molar-refractivity contribution >= 4 is 29.3 Å². The molecule has 0 aliphatic carbocycles. The lowest BCUT2D eigenvalue weighted by Crippen LogP contribution is -2.25. The van der Waals surface area contributed by atoms with E-state index in [-0.39, 0.29) is 12.4 Å². The third-order valence-electron chi connectivity index (χ3n) is 1.86. The van der Waals surface area contributed by atoms with Gasteiger partial charge in [0.25, 0.3) is 0 Å². The van der Waals surface area contributed by atoms with Crippen molar-refractivity contribution in [2.75, 3.05) is 11.9 Å². The van der Waals surface area contributed by atoms with Crippen molar-refractivity contribution in [2.45, 2.75) is 13.1 Å². The molecule has 0 bridgehead atoms. The Labute approximate surface area is 110 Å². The first-order valence-electron chi connectivity index (χ1n) is 4.96. The Morgan fingerprint density at radius 2 is 2.11 bits per heavy atom. The maximum atomic E-state index is 12.3. The molecule has 1 rings (SSSR count). The maximum absolute atomic E-state index is 12.3. The zero-order chi connectivity index (χ0) is 14.6. The van der Waals surface area contributed by atoms with E-state index in [0.29, 0.717) is 12.3 Å². The number of ether oxygens (including phenoxy) is 1. The molecule has 0 aromatic carbocycles. The average Bonchev–Trinajstić information content (AvgIpc) is 2.30. The van der Waals surface area contributed by atoms with E-state index in [4.69, 9.17) is 11.6 Å². The van der Waals surface area contributed by atoms with Crippen molar-refractivity contribution in [3.63, 3.8) is 0 Å². The highest BCUT2D eigenvalue weighted by atomic mass is 35.5. The molecule has 0 saturated carbocycles. The lowest BCUT2D eigenvalue weighted by Gasteiger charge is -2.09. The molecule has 1 heterocycles. The number of amides is 1. The lowest BCUT2D eigenvalue weighted by atomic mass is 10.3. The number of pyridine rings is 1. The van der Waals surface area contributed by atoms with Gasteiger partial charge in [0.2, 0.25) is 0 Å². The summed E-state index contributed by atoms with van der Waals surface area (Å²) in [4.78, 5) is 25.6. The molecule has 0 radical (unpaired) electrons. The second-order valence-electron chi connectivity index (χ2n) is 3.23. The van der Waals surface area contributed by atoms with Crippen LogP contribution in [0.5, 0.6) is 0 Å². The Kier molecular flexibility index (Phi) is 4.71. The molecule has 1 aromatic heterocycles. The molecule has 0 fully saturated rings. The molecule has 0 atom stereocenters. The second-order valence-corrected chi connectivity index (χ2v) is 3.63. The molecular weight excluding hydrogens is 289 g/mol. The fourth-order valence-corrected chi connectivity index (χ4v) is 1.25. The molecule has 5 nitrogen and oxygen atoms in total. The summed E-state index contributed by atoms with van der Waals surface area (Å²) in [5.74, 6) is -2.70. The number of carbonyl (C=O) groups excluding carboxylic acids is 2. The van der Waals surface area contributed by atoms with Gasteiger partial charge in [-0.25, -0.2) is 9.78 Å². The van der Waals surface area contributed by atoms with Crippen LogP contribution < -0.4 is 5.32 Å². The minimum atomic E-state index is -4.60. The molecule has 9 heteroatoms. The Morgan fingerprint density at radius 1 is 1.47 bits per heavy atom. The van der Waals surface area contributed by atoms with Gasteiger partial charge in [-0.2, -0.15) is 13.2 Å². The van der Waals surface area contributed by atoms with Crippen LogP contribution in [0.15, 0.2) is 12.3 Å². The Morgan fingerprint density at radius 3 is 2.58 bits per heavy atom. The summed E-state index contributed by atoms with van der Waals surface area (Å²) in [6.45, 7) is 1.48. The van der Waals surface area contributed by atoms with Crippen molar-refractivity contribution in [1.82, 2.24) is 4.98 Å². The molecule has 0 saturated heterocycles. The van der Waals surface area contributed by atoms with Gasteiger partial charge >= 0.3 is 18.1 Å². The van der Waals surface area contributed by atoms with Crippen LogP contribution in [0.25, 0.3) is 0 Å². The molecule has 104 valence electrons. The van der Waals surface area contributed by atoms with Crippen molar-refractivity contribution in [1.29, 1.82) is 0 Å². The number of hydrogen-bond donors (Lipinski definition) is 1. The first-order valence-corrected chi connectivity index (χ1v) is 5.34. The number of esters is 1. The number of aromatic nitrogens is 1. The molecule has 0 unspecified atom stereocenters. The minimum absolute atomic E-state index is 0.0135. The van der Waals surface area contributed by atoms with Gasteiger partial charge < -0.3 is 4.74 Å². The SMILES string of the molecule is CCOC(=O)C(=O)Nc1ncc(C(F)(F)F)cc1Cl. The number of carbonyl (C=O) groups is 2. The predicted octanol–water partition coefficient (Wildman–Crippen LogP) is 2.26. The Hall–Kier alpha value is -1.83. The first kappa shape index (κ1) is 15.2. The summed E-state index contributed by atoms with van der Waals surface area (Å²) >= 11 is 5.53. The minimum Gasteiger partial charge on any atom is -0.459 e. The topological polar surface area (TPSA) is 68.3 Å². The number of hydrogen-bond acceptors (Lipinski definition) is 4. The van der Waals surface area contributed by atoms with Gasteiger partial charge in [0.1, 0.15) is 0 Å². The van der Waals surface area contributed by atoms with Gasteiger partial charge in [0.05, 0.1) is 17.2 Å². The second kappa shape index (κ2) is 5.87. The van der Waals surface area contributed by atoms with Crippen LogP contribution in [0.4, 0.5) is 19.0 Å². The molecule has 0 aliphatic heterocycles. The van der Waals surface area contributed by atoms with Gasteiger partial charge in [-0.15, -0.1) is 0 Å². The van der Waals surface area contributed by atoms with Gasteiger partial charge in [0.15, 0.2) is 5.82 Å². The number of nitrogens with one attached hydrogen (secondary N) is 1. The molecule has 0 aliphatic rings. The molecule has 0 spiro atoms. The maximum Gasteiger partial charge on any atom is 0.417 e. The normalized spacial score (nSPS) is 11.0. The van der Waals surface area contributed by atoms with Gasteiger partial charge in [-0.1, -0.05) is 11.6 Å². The molecule has 19 heavy (non-hydrogen) atoms. The van der Waals surface area contributed by atoms with E-state index >= 15 is 0 Å². The number of nitrogens with zero attached hydrogens (tertiary/aromatic N) is 1. The van der Waals surface area contributed by atoms with Gasteiger partial charge in [0, 0.05) is 6.20 Å². The van der Waals surface area contributed by atoms with Crippen LogP contribution >= 0.6 is 11.6 Å². The highest BCUT2D eigenvalue weighted by molar-refractivity contribution is 6.39. The van der Waals surface area contributed by atoms with E-state index in [1.807, 2.05) is 5.32 Å². The average molecular weight is 297 g/mol. The predicted molar refractivity (Wildman–Crippen MR) is 59.5 cm³/mol. The van der Waals surface area contributed by atoms with Gasteiger partial charge in [-0.05, 0) is 13.0 Å². The fraction of sp³-hybridized carbons (Fsp3) is 0.300. The summed E-state index contributed by atoms with van der Waals surface area (Å²) in [7, 11) is 0. The van der Waals surface area contributed by atoms with E-state index in [0.717, 1.165) is 0 Å². The quantitative estimate of drug-likeness (QED) is 0.671. The summed E-state index contributed by atoms with van der Waals surface area (Å²) in [5, 5.41) is 1.51. The summed E-state index contributed by atoms with van der Waals surface area (Å²) in [5.41, 5.74) is -1.06. The zero-order valence-electron chi connectivity index (χ0n) is 9.55. The van der Waals surface area contributed by atoms with Crippen LogP contribution in [0.2, 0.25) is 5.02 Å². The molecule has 1 N–H and O–H groups in total. The van der Waals surface area contributed by atoms with Crippen LogP contribution in [-0.2, 0) is 20.5 Å². The molecule has 1 aromatic rings. The fourth-order valence-electron chi connectivity index (χ4n) is 1.04. The van der Waals surface area contributed by atoms with E-state index in [1.54, 1.807) is 0 Å². The van der Waals surface area contributed by atoms with Gasteiger partial charge in [-0.3, -0.25) is 10.1 Å². The Bertz CT molecular complexity index is 505. The smallest absolute Gasteiger partial charge is 0.417 e. The van der Waals surface area contributed by atoms with E-state index in [1.165, 1.54) is 6.92 Å². The summed E-state index contributed by atoms with van der Waals surface area (Å²) in [6, 6.07) is 0.593. The Balaban J connectivity index is 2.87. The monoisotopic (exact) mass is 296 g/mol. The van der Waals surface area contributed by atoms with Crippen LogP contribution in [0.3, 0.4) is 0 Å². The summed E-state index contributed by atoms with van der Waals surface area (Å²) in [6.07, 6.45) is -4.10. The largest absolute Gasteiger partial charge is 0.459 e. The van der Waals surface area contributed by atoms with Crippen molar-refractivity contribution in [2.24, 2.45) is 0 Å². The summed E-state index contributed by atoms with van der Waals surface area (Å²) < 4.78 is 41.4. The number of alkyl halides is 3. The van der Waals surface area contributed by atoms with Crippen molar-refractivity contribution in [3.8, 4) is 0 Å². The third kappa shape index (κ3) is 4.09. The highest BCUT2D eigenvalue weighted by Gasteiger charge is 2.31. The van der Waals surface area contributed by atoms with Crippen LogP contribution in [-0.4, -0.2) is 23.5 Å². The first-order chi connectivity index (χ1) is 8.75. The van der Waals surface area contributed by atoms with Crippen molar-refractivity contribution < 1.29 is 27.5 Å². The van der Waals surface area contributed by atoms with E-state index in [2.05, 4.69) is 9.72 Å². The van der Waals surface area contributed by atoms with E-state index < -0.39 is 28.6 Å². The number of anilines is 1. The van der Waals surface area contributed by atoms with Crippen LogP contribution in [0.1, 0.15) is 12.5 Å². The number of rotatable bonds is 2. The van der Waals surface area contributed by atoms with Crippen LogP contribution in [0, 0.1) is 0 Å². The van der Waals surface area contributed by atoms with E-state index in [9.17, 15) is 22.8 Å². The standard InChI is InChI=1S/C10H8ClF3N2O3/c1-2-19-9(18)8(17)16-7-6(11)3-5(4-15-7)10(12,13)14/h3-4H,2H2,1H3,(H,15,16,17). The van der Waals surface area contributed by atoms with Crippen molar-refractivity contribution in [3.05, 3.63) is 22.8 Å². The third-order valence-corrected chi connectivity index (χ3v) is 2.15.